The molecule has 82 valence electrons. The third-order valence-electron chi connectivity index (χ3n) is 1.87. The van der Waals surface area contributed by atoms with Gasteiger partial charge in [-0.15, -0.1) is 6.58 Å². The average molecular weight is 226 g/mol. The van der Waals surface area contributed by atoms with Gasteiger partial charge in [0.25, 0.3) is 0 Å². The first-order valence-electron chi connectivity index (χ1n) is 4.48. The van der Waals surface area contributed by atoms with Gasteiger partial charge in [-0.25, -0.2) is 13.1 Å². The lowest BCUT2D eigenvalue weighted by molar-refractivity contribution is 0.585. The molecule has 0 unspecified atom stereocenters. The van der Waals surface area contributed by atoms with Crippen molar-refractivity contribution in [2.24, 2.45) is 0 Å². The minimum Gasteiger partial charge on any atom is -0.388 e. The quantitative estimate of drug-likeness (QED) is 0.741. The van der Waals surface area contributed by atoms with Gasteiger partial charge in [0.1, 0.15) is 0 Å². The normalized spacial score (nSPS) is 11.0. The Morgan fingerprint density at radius 3 is 2.40 bits per heavy atom. The molecule has 0 atom stereocenters. The van der Waals surface area contributed by atoms with E-state index in [1.807, 2.05) is 0 Å². The Hall–Kier alpha value is -1.33. The van der Waals surface area contributed by atoms with Gasteiger partial charge in [0.15, 0.2) is 0 Å². The summed E-state index contributed by atoms with van der Waals surface area (Å²) in [5.74, 6) is 0. The lowest BCUT2D eigenvalue weighted by Gasteiger charge is -2.05. The number of hydrogen-bond donors (Lipinski definition) is 2. The Labute approximate surface area is 90.1 Å². The van der Waals surface area contributed by atoms with Gasteiger partial charge in [-0.05, 0) is 24.3 Å². The number of nitrogens with one attached hydrogen (secondary N) is 2. The van der Waals surface area contributed by atoms with Crippen LogP contribution >= 0.6 is 0 Å². The van der Waals surface area contributed by atoms with Gasteiger partial charge in [-0.3, -0.25) is 0 Å². The van der Waals surface area contributed by atoms with E-state index < -0.39 is 10.0 Å². The fraction of sp³-hybridized carbons (Fsp3) is 0.200. The summed E-state index contributed by atoms with van der Waals surface area (Å²) in [6, 6.07) is 6.53. The van der Waals surface area contributed by atoms with E-state index >= 15 is 0 Å². The molecule has 0 spiro atoms. The molecule has 0 aromatic heterocycles. The van der Waals surface area contributed by atoms with E-state index in [2.05, 4.69) is 16.6 Å². The Bertz CT molecular complexity index is 423. The standard InChI is InChI=1S/C10H14N2O2S/c1-3-8-12-15(13,14)10-6-4-9(11-2)5-7-10/h3-7,11-12H,1,8H2,2H3. The first kappa shape index (κ1) is 11.7. The van der Waals surface area contributed by atoms with Gasteiger partial charge in [0.05, 0.1) is 4.90 Å². The van der Waals surface area contributed by atoms with E-state index in [1.54, 1.807) is 31.3 Å². The van der Waals surface area contributed by atoms with E-state index in [0.717, 1.165) is 5.69 Å². The molecule has 0 heterocycles. The third-order valence-corrected chi connectivity index (χ3v) is 3.31. The maximum atomic E-state index is 11.6. The summed E-state index contributed by atoms with van der Waals surface area (Å²) in [7, 11) is -1.62. The van der Waals surface area contributed by atoms with Crippen molar-refractivity contribution >= 4 is 15.7 Å². The van der Waals surface area contributed by atoms with Crippen LogP contribution in [-0.4, -0.2) is 22.0 Å². The van der Waals surface area contributed by atoms with Crippen molar-refractivity contribution in [2.45, 2.75) is 4.90 Å². The first-order chi connectivity index (χ1) is 7.10. The van der Waals surface area contributed by atoms with Crippen LogP contribution in [0.4, 0.5) is 5.69 Å². The second kappa shape index (κ2) is 4.95. The van der Waals surface area contributed by atoms with Gasteiger partial charge >= 0.3 is 0 Å². The minimum atomic E-state index is -3.40. The molecule has 2 N–H and O–H groups in total. The van der Waals surface area contributed by atoms with E-state index in [-0.39, 0.29) is 11.4 Å². The van der Waals surface area contributed by atoms with Crippen molar-refractivity contribution in [3.05, 3.63) is 36.9 Å². The highest BCUT2D eigenvalue weighted by molar-refractivity contribution is 7.89. The molecule has 1 aromatic carbocycles. The molecule has 4 nitrogen and oxygen atoms in total. The summed E-state index contributed by atoms with van der Waals surface area (Å²) in [6.45, 7) is 3.68. The van der Waals surface area contributed by atoms with Crippen LogP contribution in [0.1, 0.15) is 0 Å². The molecule has 0 saturated heterocycles. The van der Waals surface area contributed by atoms with Crippen LogP contribution in [0.15, 0.2) is 41.8 Å². The fourth-order valence-electron chi connectivity index (χ4n) is 1.05. The van der Waals surface area contributed by atoms with Gasteiger partial charge < -0.3 is 5.32 Å². The summed E-state index contributed by atoms with van der Waals surface area (Å²) in [6.07, 6.45) is 1.50. The van der Waals surface area contributed by atoms with Crippen molar-refractivity contribution in [1.29, 1.82) is 0 Å². The van der Waals surface area contributed by atoms with Crippen LogP contribution < -0.4 is 10.0 Å². The van der Waals surface area contributed by atoms with Crippen molar-refractivity contribution in [2.75, 3.05) is 18.9 Å². The first-order valence-corrected chi connectivity index (χ1v) is 5.97. The Balaban J connectivity index is 2.90. The molecule has 15 heavy (non-hydrogen) atoms. The number of hydrogen-bond acceptors (Lipinski definition) is 3. The zero-order valence-corrected chi connectivity index (χ0v) is 9.34. The summed E-state index contributed by atoms with van der Waals surface area (Å²) < 4.78 is 25.6. The predicted octanol–water partition coefficient (Wildman–Crippen LogP) is 1.19. The van der Waals surface area contributed by atoms with E-state index in [4.69, 9.17) is 0 Å². The molecule has 0 aliphatic carbocycles. The van der Waals surface area contributed by atoms with Crippen LogP contribution in [0.2, 0.25) is 0 Å². The van der Waals surface area contributed by atoms with Gasteiger partial charge in [-0.1, -0.05) is 6.08 Å². The summed E-state index contributed by atoms with van der Waals surface area (Å²) >= 11 is 0. The monoisotopic (exact) mass is 226 g/mol. The molecule has 0 aliphatic heterocycles. The van der Waals surface area contributed by atoms with Crippen LogP contribution in [-0.2, 0) is 10.0 Å². The van der Waals surface area contributed by atoms with Crippen molar-refractivity contribution in [1.82, 2.24) is 4.72 Å². The van der Waals surface area contributed by atoms with Crippen LogP contribution in [0.3, 0.4) is 0 Å². The number of benzene rings is 1. The molecule has 0 fully saturated rings. The fourth-order valence-corrected chi connectivity index (χ4v) is 2.05. The highest BCUT2D eigenvalue weighted by Gasteiger charge is 2.11. The summed E-state index contributed by atoms with van der Waals surface area (Å²) in [5.41, 5.74) is 0.873. The molecule has 5 heteroatoms. The third kappa shape index (κ3) is 3.07. The maximum absolute atomic E-state index is 11.6. The Kier molecular flexibility index (Phi) is 3.88. The highest BCUT2D eigenvalue weighted by atomic mass is 32.2. The number of anilines is 1. The second-order valence-corrected chi connectivity index (χ2v) is 4.68. The van der Waals surface area contributed by atoms with Gasteiger partial charge in [-0.2, -0.15) is 0 Å². The number of sulfonamides is 1. The number of rotatable bonds is 5. The van der Waals surface area contributed by atoms with Gasteiger partial charge in [0, 0.05) is 19.3 Å². The Morgan fingerprint density at radius 1 is 1.33 bits per heavy atom. The zero-order chi connectivity index (χ0) is 11.3. The van der Waals surface area contributed by atoms with E-state index in [9.17, 15) is 8.42 Å². The molecular formula is C10H14N2O2S. The van der Waals surface area contributed by atoms with Crippen molar-refractivity contribution in [3.63, 3.8) is 0 Å². The van der Waals surface area contributed by atoms with Crippen molar-refractivity contribution < 1.29 is 8.42 Å². The largest absolute Gasteiger partial charge is 0.388 e. The molecule has 1 rings (SSSR count). The van der Waals surface area contributed by atoms with E-state index in [0.29, 0.717) is 0 Å². The van der Waals surface area contributed by atoms with Crippen molar-refractivity contribution in [3.8, 4) is 0 Å². The summed E-state index contributed by atoms with van der Waals surface area (Å²) in [5, 5.41) is 2.92. The molecule has 0 saturated carbocycles. The zero-order valence-electron chi connectivity index (χ0n) is 8.53. The Morgan fingerprint density at radius 2 is 1.93 bits per heavy atom. The summed E-state index contributed by atoms with van der Waals surface area (Å²) in [4.78, 5) is 0.253. The van der Waals surface area contributed by atoms with E-state index in [1.165, 1.54) is 6.08 Å². The smallest absolute Gasteiger partial charge is 0.240 e. The molecule has 1 aromatic rings. The topological polar surface area (TPSA) is 58.2 Å². The van der Waals surface area contributed by atoms with Gasteiger partial charge in [0.2, 0.25) is 10.0 Å². The maximum Gasteiger partial charge on any atom is 0.240 e. The molecule has 0 radical (unpaired) electrons. The molecule has 0 bridgehead atoms. The highest BCUT2D eigenvalue weighted by Crippen LogP contribution is 2.12. The second-order valence-electron chi connectivity index (χ2n) is 2.91. The van der Waals surface area contributed by atoms with Crippen LogP contribution in [0.5, 0.6) is 0 Å². The van der Waals surface area contributed by atoms with Crippen LogP contribution in [0.25, 0.3) is 0 Å². The SMILES string of the molecule is C=CCNS(=O)(=O)c1ccc(NC)cc1. The molecule has 0 aliphatic rings. The minimum absolute atomic E-state index is 0.232. The van der Waals surface area contributed by atoms with Crippen LogP contribution in [0, 0.1) is 0 Å². The molecular weight excluding hydrogens is 212 g/mol. The predicted molar refractivity (Wildman–Crippen MR) is 61.4 cm³/mol. The lowest BCUT2D eigenvalue weighted by atomic mass is 10.3. The molecule has 0 amide bonds. The lowest BCUT2D eigenvalue weighted by Crippen LogP contribution is -2.23. The average Bonchev–Trinajstić information content (AvgIpc) is 2.26.